The molecule has 1 saturated heterocycles. The van der Waals surface area contributed by atoms with Gasteiger partial charge in [-0.15, -0.1) is 5.10 Å². The standard InChI is InChI=1S/C13H17N5O2/c1-8-2-4-17(5-3-8)9-6-10(12(19)20)11-15-13(14)16-18(11)7-9/h6-8H,2-5H2,1H3,(H2,14,16)(H,19,20). The number of piperidine rings is 1. The van der Waals surface area contributed by atoms with Gasteiger partial charge in [0.1, 0.15) is 5.56 Å². The molecule has 0 saturated carbocycles. The number of anilines is 2. The Hall–Kier alpha value is -2.31. The van der Waals surface area contributed by atoms with Crippen LogP contribution in [-0.4, -0.2) is 38.8 Å². The minimum atomic E-state index is -1.02. The first-order valence-electron chi connectivity index (χ1n) is 6.68. The highest BCUT2D eigenvalue weighted by atomic mass is 16.4. The summed E-state index contributed by atoms with van der Waals surface area (Å²) >= 11 is 0. The molecule has 1 fully saturated rings. The number of aromatic nitrogens is 3. The van der Waals surface area contributed by atoms with Gasteiger partial charge in [0.2, 0.25) is 5.95 Å². The summed E-state index contributed by atoms with van der Waals surface area (Å²) < 4.78 is 1.45. The Balaban J connectivity index is 2.05. The molecule has 0 amide bonds. The van der Waals surface area contributed by atoms with Crippen molar-refractivity contribution in [1.29, 1.82) is 0 Å². The van der Waals surface area contributed by atoms with E-state index >= 15 is 0 Å². The SMILES string of the molecule is CC1CCN(c2cc(C(=O)O)c3nc(N)nn3c2)CC1. The lowest BCUT2D eigenvalue weighted by Crippen LogP contribution is -2.33. The molecule has 20 heavy (non-hydrogen) atoms. The van der Waals surface area contributed by atoms with E-state index in [9.17, 15) is 9.90 Å². The Morgan fingerprint density at radius 3 is 2.80 bits per heavy atom. The van der Waals surface area contributed by atoms with Crippen molar-refractivity contribution < 1.29 is 9.90 Å². The van der Waals surface area contributed by atoms with Crippen molar-refractivity contribution in [2.24, 2.45) is 5.92 Å². The summed E-state index contributed by atoms with van der Waals surface area (Å²) in [7, 11) is 0. The first-order chi connectivity index (χ1) is 9.54. The minimum Gasteiger partial charge on any atom is -0.478 e. The molecule has 0 radical (unpaired) electrons. The van der Waals surface area contributed by atoms with E-state index in [1.807, 2.05) is 0 Å². The third kappa shape index (κ3) is 2.15. The van der Waals surface area contributed by atoms with E-state index in [1.165, 1.54) is 4.52 Å². The van der Waals surface area contributed by atoms with Crippen LogP contribution >= 0.6 is 0 Å². The molecule has 106 valence electrons. The second-order valence-corrected chi connectivity index (χ2v) is 5.32. The van der Waals surface area contributed by atoms with Gasteiger partial charge in [-0.05, 0) is 24.8 Å². The normalized spacial score (nSPS) is 16.8. The molecule has 0 unspecified atom stereocenters. The van der Waals surface area contributed by atoms with Crippen molar-refractivity contribution in [3.8, 4) is 0 Å². The third-order valence-corrected chi connectivity index (χ3v) is 3.81. The molecule has 0 aromatic carbocycles. The zero-order chi connectivity index (χ0) is 14.3. The second-order valence-electron chi connectivity index (χ2n) is 5.32. The smallest absolute Gasteiger partial charge is 0.339 e. The highest BCUT2D eigenvalue weighted by Gasteiger charge is 2.20. The highest BCUT2D eigenvalue weighted by molar-refractivity contribution is 5.95. The van der Waals surface area contributed by atoms with E-state index in [1.54, 1.807) is 12.3 Å². The lowest BCUT2D eigenvalue weighted by molar-refractivity contribution is 0.0698. The van der Waals surface area contributed by atoms with Gasteiger partial charge in [0.05, 0.1) is 11.9 Å². The maximum atomic E-state index is 11.4. The Bertz CT molecular complexity index is 658. The number of nitrogens with two attached hydrogens (primary N) is 1. The van der Waals surface area contributed by atoms with Crippen molar-refractivity contribution >= 4 is 23.3 Å². The minimum absolute atomic E-state index is 0.0805. The molecule has 2 aromatic rings. The average Bonchev–Trinajstić information content (AvgIpc) is 2.78. The number of hydrogen-bond donors (Lipinski definition) is 2. The molecule has 3 heterocycles. The molecule has 3 rings (SSSR count). The fraction of sp³-hybridized carbons (Fsp3) is 0.462. The number of carboxylic acids is 1. The second kappa shape index (κ2) is 4.66. The van der Waals surface area contributed by atoms with Crippen molar-refractivity contribution in [1.82, 2.24) is 14.6 Å². The summed E-state index contributed by atoms with van der Waals surface area (Å²) in [6, 6.07) is 1.65. The molecule has 3 N–H and O–H groups in total. The lowest BCUT2D eigenvalue weighted by atomic mass is 9.99. The van der Waals surface area contributed by atoms with Crippen LogP contribution in [0.4, 0.5) is 11.6 Å². The van der Waals surface area contributed by atoms with E-state index in [4.69, 9.17) is 5.73 Å². The van der Waals surface area contributed by atoms with E-state index < -0.39 is 5.97 Å². The zero-order valence-corrected chi connectivity index (χ0v) is 11.3. The van der Waals surface area contributed by atoms with Crippen molar-refractivity contribution in [2.75, 3.05) is 23.7 Å². The summed E-state index contributed by atoms with van der Waals surface area (Å²) in [5.74, 6) is -0.220. The van der Waals surface area contributed by atoms with Crippen LogP contribution < -0.4 is 10.6 Å². The van der Waals surface area contributed by atoms with Gasteiger partial charge < -0.3 is 15.7 Å². The van der Waals surface area contributed by atoms with Crippen LogP contribution in [0.1, 0.15) is 30.1 Å². The van der Waals surface area contributed by atoms with Gasteiger partial charge in [-0.2, -0.15) is 4.98 Å². The topological polar surface area (TPSA) is 96.8 Å². The predicted octanol–water partition coefficient (Wildman–Crippen LogP) is 1.25. The number of carbonyl (C=O) groups is 1. The average molecular weight is 275 g/mol. The summed E-state index contributed by atoms with van der Waals surface area (Å²) in [6.45, 7) is 4.09. The monoisotopic (exact) mass is 275 g/mol. The van der Waals surface area contributed by atoms with Crippen LogP contribution in [-0.2, 0) is 0 Å². The number of fused-ring (bicyclic) bond motifs is 1. The third-order valence-electron chi connectivity index (χ3n) is 3.81. The molecule has 0 spiro atoms. The van der Waals surface area contributed by atoms with E-state index in [-0.39, 0.29) is 17.2 Å². The zero-order valence-electron chi connectivity index (χ0n) is 11.3. The summed E-state index contributed by atoms with van der Waals surface area (Å²) in [5, 5.41) is 13.3. The molecule has 1 aliphatic rings. The Morgan fingerprint density at radius 2 is 2.15 bits per heavy atom. The Kier molecular flexibility index (Phi) is 2.96. The van der Waals surface area contributed by atoms with E-state index in [2.05, 4.69) is 21.9 Å². The summed E-state index contributed by atoms with van der Waals surface area (Å²) in [4.78, 5) is 17.5. The van der Waals surface area contributed by atoms with Gasteiger partial charge in [0.15, 0.2) is 5.65 Å². The number of pyridine rings is 1. The van der Waals surface area contributed by atoms with Gasteiger partial charge in [-0.1, -0.05) is 6.92 Å². The highest BCUT2D eigenvalue weighted by Crippen LogP contribution is 2.25. The number of nitrogen functional groups attached to an aromatic ring is 1. The fourth-order valence-electron chi connectivity index (χ4n) is 2.59. The van der Waals surface area contributed by atoms with E-state index in [0.29, 0.717) is 0 Å². The molecule has 7 nitrogen and oxygen atoms in total. The first kappa shape index (κ1) is 12.7. The maximum absolute atomic E-state index is 11.4. The Labute approximate surface area is 116 Å². The van der Waals surface area contributed by atoms with Gasteiger partial charge in [0.25, 0.3) is 0 Å². The molecule has 1 aliphatic heterocycles. The number of aromatic carboxylic acids is 1. The van der Waals surface area contributed by atoms with Crippen LogP contribution in [0.25, 0.3) is 5.65 Å². The summed E-state index contributed by atoms with van der Waals surface area (Å²) in [6.07, 6.45) is 4.01. The quantitative estimate of drug-likeness (QED) is 0.856. The lowest BCUT2D eigenvalue weighted by Gasteiger charge is -2.32. The molecular formula is C13H17N5O2. The molecule has 0 atom stereocenters. The van der Waals surface area contributed by atoms with Crippen LogP contribution in [0, 0.1) is 5.92 Å². The number of carboxylic acid groups (broad SMARTS) is 1. The number of rotatable bonds is 2. The number of nitrogens with zero attached hydrogens (tertiary/aromatic N) is 4. The van der Waals surface area contributed by atoms with E-state index in [0.717, 1.165) is 37.5 Å². The van der Waals surface area contributed by atoms with Crippen molar-refractivity contribution in [3.63, 3.8) is 0 Å². The largest absolute Gasteiger partial charge is 0.478 e. The number of hydrogen-bond acceptors (Lipinski definition) is 5. The van der Waals surface area contributed by atoms with Crippen molar-refractivity contribution in [3.05, 3.63) is 17.8 Å². The molecule has 0 aliphatic carbocycles. The first-order valence-corrected chi connectivity index (χ1v) is 6.68. The van der Waals surface area contributed by atoms with Gasteiger partial charge >= 0.3 is 5.97 Å². The van der Waals surface area contributed by atoms with Crippen LogP contribution in [0.2, 0.25) is 0 Å². The van der Waals surface area contributed by atoms with Gasteiger partial charge in [0, 0.05) is 13.1 Å². The predicted molar refractivity (Wildman–Crippen MR) is 75.0 cm³/mol. The molecule has 0 bridgehead atoms. The maximum Gasteiger partial charge on any atom is 0.339 e. The molecule has 2 aromatic heterocycles. The van der Waals surface area contributed by atoms with Crippen molar-refractivity contribution in [2.45, 2.75) is 19.8 Å². The molecular weight excluding hydrogens is 258 g/mol. The molecule has 7 heteroatoms. The van der Waals surface area contributed by atoms with Crippen LogP contribution in [0.5, 0.6) is 0 Å². The summed E-state index contributed by atoms with van der Waals surface area (Å²) in [5.41, 5.74) is 6.82. The fourth-order valence-corrected chi connectivity index (χ4v) is 2.59. The Morgan fingerprint density at radius 1 is 1.45 bits per heavy atom. The van der Waals surface area contributed by atoms with Gasteiger partial charge in [-0.3, -0.25) is 0 Å². The van der Waals surface area contributed by atoms with Gasteiger partial charge in [-0.25, -0.2) is 9.31 Å². The van der Waals surface area contributed by atoms with Crippen LogP contribution in [0.3, 0.4) is 0 Å². The van der Waals surface area contributed by atoms with Crippen LogP contribution in [0.15, 0.2) is 12.3 Å².